The van der Waals surface area contributed by atoms with Crippen LogP contribution in [-0.4, -0.2) is 107 Å². The van der Waals surface area contributed by atoms with Crippen molar-refractivity contribution < 1.29 is 19.1 Å². The summed E-state index contributed by atoms with van der Waals surface area (Å²) in [5.74, 6) is -0.217. The van der Waals surface area contributed by atoms with E-state index < -0.39 is 11.7 Å². The van der Waals surface area contributed by atoms with Gasteiger partial charge in [0.05, 0.1) is 42.2 Å². The van der Waals surface area contributed by atoms with E-state index in [1.54, 1.807) is 29.4 Å². The molecule has 0 bridgehead atoms. The fraction of sp³-hybridized carbons (Fsp3) is 0.310. The minimum atomic E-state index is -0.658. The number of hydrogen-bond acceptors (Lipinski definition) is 9. The molecule has 2 saturated heterocycles. The molecule has 2 N–H and O–H groups in total. The van der Waals surface area contributed by atoms with E-state index >= 15 is 0 Å². The molecule has 2 aliphatic rings. The van der Waals surface area contributed by atoms with Gasteiger partial charge in [0, 0.05) is 64.1 Å². The molecule has 0 unspecified atom stereocenters. The number of nitrogens with zero attached hydrogens (tertiary/aromatic N) is 6. The Morgan fingerprint density at radius 2 is 1.59 bits per heavy atom. The Morgan fingerprint density at radius 3 is 2.27 bits per heavy atom. The first kappa shape index (κ1) is 26.4. The molecule has 0 atom stereocenters. The molecule has 12 nitrogen and oxygen atoms in total. The second-order valence-electron chi connectivity index (χ2n) is 9.90. The number of H-pyrrole nitrogens is 1. The number of methoxy groups -OCH3 is 1. The van der Waals surface area contributed by atoms with Crippen molar-refractivity contribution in [3.8, 4) is 17.1 Å². The number of benzene rings is 1. The zero-order valence-corrected chi connectivity index (χ0v) is 22.7. The van der Waals surface area contributed by atoms with E-state index in [2.05, 4.69) is 30.2 Å². The van der Waals surface area contributed by atoms with Crippen LogP contribution in [0.1, 0.15) is 20.7 Å². The van der Waals surface area contributed by atoms with Gasteiger partial charge in [-0.05, 0) is 12.1 Å². The summed E-state index contributed by atoms with van der Waals surface area (Å²) in [5.41, 5.74) is 2.35. The number of Topliss-reactive ketones (excluding diaryl/α,β-unsaturated/α-hetero) is 1. The van der Waals surface area contributed by atoms with Crippen LogP contribution in [0.2, 0.25) is 0 Å². The second-order valence-corrected chi connectivity index (χ2v) is 9.90. The highest BCUT2D eigenvalue weighted by Crippen LogP contribution is 2.34. The minimum Gasteiger partial charge on any atom is -0.494 e. The number of fused-ring (bicyclic) bond motifs is 1. The van der Waals surface area contributed by atoms with Gasteiger partial charge in [-0.25, -0.2) is 15.0 Å². The zero-order chi connectivity index (χ0) is 28.3. The highest BCUT2D eigenvalue weighted by molar-refractivity contribution is 6.45. The summed E-state index contributed by atoms with van der Waals surface area (Å²) in [6.45, 7) is 4.73. The lowest BCUT2D eigenvalue weighted by molar-refractivity contribution is -0.127. The third kappa shape index (κ3) is 5.09. The number of anilines is 1. The largest absolute Gasteiger partial charge is 0.494 e. The highest BCUT2D eigenvalue weighted by Gasteiger charge is 2.31. The summed E-state index contributed by atoms with van der Waals surface area (Å²) in [4.78, 5) is 61.7. The van der Waals surface area contributed by atoms with Gasteiger partial charge in [0.15, 0.2) is 0 Å². The van der Waals surface area contributed by atoms with Gasteiger partial charge in [-0.15, -0.1) is 0 Å². The molecule has 0 aliphatic carbocycles. The fourth-order valence-electron chi connectivity index (χ4n) is 5.28. The third-order valence-electron chi connectivity index (χ3n) is 7.53. The lowest BCUT2D eigenvalue weighted by Gasteiger charge is -2.34. The number of aromatic nitrogens is 4. The van der Waals surface area contributed by atoms with Crippen molar-refractivity contribution in [1.29, 1.82) is 0 Å². The fourth-order valence-corrected chi connectivity index (χ4v) is 5.28. The van der Waals surface area contributed by atoms with E-state index in [1.165, 1.54) is 24.4 Å². The molecule has 0 radical (unpaired) electrons. The molecule has 2 aliphatic heterocycles. The van der Waals surface area contributed by atoms with E-state index in [1.807, 2.05) is 18.2 Å². The second kappa shape index (κ2) is 11.3. The summed E-state index contributed by atoms with van der Waals surface area (Å²) >= 11 is 0. The molecule has 210 valence electrons. The molecule has 4 aromatic rings. The average molecular weight is 555 g/mol. The average Bonchev–Trinajstić information content (AvgIpc) is 3.50. The first-order chi connectivity index (χ1) is 20.0. The summed E-state index contributed by atoms with van der Waals surface area (Å²) in [6, 6.07) is 9.02. The number of carbonyl (C=O) groups excluding carboxylic acids is 3. The highest BCUT2D eigenvalue weighted by atomic mass is 16.5. The number of carbonyl (C=O) groups is 3. The standard InChI is InChI=1S/C29H30N8O4/c1-41-22-17-34-25(21-16-32-23(18-31-21)35-9-7-30-8-10-35)26-24(22)20(15-33-26)27(38)29(40)37-13-11-36(12-14-37)28(39)19-5-3-2-4-6-19/h2-6,15-18,30,33H,7-14H2,1H3. The molecule has 41 heavy (non-hydrogen) atoms. The summed E-state index contributed by atoms with van der Waals surface area (Å²) in [7, 11) is 1.49. The number of ketones is 1. The number of piperazine rings is 2. The van der Waals surface area contributed by atoms with Crippen LogP contribution in [0.25, 0.3) is 22.3 Å². The third-order valence-corrected chi connectivity index (χ3v) is 7.53. The van der Waals surface area contributed by atoms with Gasteiger partial charge in [0.1, 0.15) is 23.0 Å². The Balaban J connectivity index is 1.21. The molecule has 2 amide bonds. The van der Waals surface area contributed by atoms with Crippen molar-refractivity contribution in [2.75, 3.05) is 64.4 Å². The molecule has 6 rings (SSSR count). The minimum absolute atomic E-state index is 0.0884. The van der Waals surface area contributed by atoms with Gasteiger partial charge in [-0.1, -0.05) is 18.2 Å². The Hall–Kier alpha value is -4.84. The topological polar surface area (TPSA) is 137 Å². The quantitative estimate of drug-likeness (QED) is 0.269. The van der Waals surface area contributed by atoms with Crippen LogP contribution in [0.5, 0.6) is 5.75 Å². The van der Waals surface area contributed by atoms with Crippen LogP contribution >= 0.6 is 0 Å². The molecule has 0 saturated carbocycles. The van der Waals surface area contributed by atoms with E-state index in [9.17, 15) is 14.4 Å². The van der Waals surface area contributed by atoms with Gasteiger partial charge in [-0.2, -0.15) is 0 Å². The number of pyridine rings is 1. The van der Waals surface area contributed by atoms with Crippen LogP contribution in [-0.2, 0) is 4.79 Å². The van der Waals surface area contributed by atoms with Crippen LogP contribution < -0.4 is 15.0 Å². The van der Waals surface area contributed by atoms with E-state index in [0.717, 1.165) is 32.0 Å². The van der Waals surface area contributed by atoms with Crippen LogP contribution in [0.15, 0.2) is 55.1 Å². The van der Waals surface area contributed by atoms with Crippen molar-refractivity contribution in [3.63, 3.8) is 0 Å². The zero-order valence-electron chi connectivity index (χ0n) is 22.7. The lowest BCUT2D eigenvalue weighted by Crippen LogP contribution is -2.52. The lowest BCUT2D eigenvalue weighted by atomic mass is 10.1. The molecule has 1 aromatic carbocycles. The van der Waals surface area contributed by atoms with Crippen molar-refractivity contribution in [2.24, 2.45) is 0 Å². The van der Waals surface area contributed by atoms with Crippen LogP contribution in [0.4, 0.5) is 5.82 Å². The monoisotopic (exact) mass is 554 g/mol. The predicted octanol–water partition coefficient (Wildman–Crippen LogP) is 1.61. The predicted molar refractivity (Wildman–Crippen MR) is 152 cm³/mol. The summed E-state index contributed by atoms with van der Waals surface area (Å²) < 4.78 is 5.52. The first-order valence-corrected chi connectivity index (χ1v) is 13.5. The maximum Gasteiger partial charge on any atom is 0.295 e. The first-order valence-electron chi connectivity index (χ1n) is 13.5. The molecular formula is C29H30N8O4. The normalized spacial score (nSPS) is 15.7. The molecule has 2 fully saturated rings. The summed E-state index contributed by atoms with van der Waals surface area (Å²) in [6.07, 6.45) is 6.41. The molecule has 5 heterocycles. The molecule has 0 spiro atoms. The molecule has 3 aromatic heterocycles. The number of rotatable bonds is 6. The van der Waals surface area contributed by atoms with Crippen LogP contribution in [0, 0.1) is 0 Å². The van der Waals surface area contributed by atoms with Crippen molar-refractivity contribution >= 4 is 34.3 Å². The Bertz CT molecular complexity index is 1570. The van der Waals surface area contributed by atoms with Gasteiger partial charge in [-0.3, -0.25) is 14.4 Å². The Kier molecular flexibility index (Phi) is 7.30. The molecular weight excluding hydrogens is 524 g/mol. The SMILES string of the molecule is COc1cnc(-c2cnc(N3CCNCC3)cn2)c2[nH]cc(C(=O)C(=O)N3CCN(C(=O)c4ccccc4)CC3)c12. The number of amides is 2. The van der Waals surface area contributed by atoms with Crippen molar-refractivity contribution in [1.82, 2.24) is 35.1 Å². The number of hydrogen-bond donors (Lipinski definition) is 2. The van der Waals surface area contributed by atoms with Gasteiger partial charge in [0.2, 0.25) is 0 Å². The number of ether oxygens (including phenoxy) is 1. The van der Waals surface area contributed by atoms with E-state index in [4.69, 9.17) is 4.74 Å². The Morgan fingerprint density at radius 1 is 0.854 bits per heavy atom. The smallest absolute Gasteiger partial charge is 0.295 e. The van der Waals surface area contributed by atoms with E-state index in [0.29, 0.717) is 46.7 Å². The number of aromatic amines is 1. The maximum absolute atomic E-state index is 13.5. The number of nitrogens with one attached hydrogen (secondary N) is 2. The van der Waals surface area contributed by atoms with Crippen LogP contribution in [0.3, 0.4) is 0 Å². The van der Waals surface area contributed by atoms with Gasteiger partial charge in [0.25, 0.3) is 17.6 Å². The summed E-state index contributed by atoms with van der Waals surface area (Å²) in [5, 5.41) is 3.78. The van der Waals surface area contributed by atoms with Gasteiger partial charge >= 0.3 is 0 Å². The Labute approximate surface area is 236 Å². The molecule has 12 heteroatoms. The van der Waals surface area contributed by atoms with Crippen molar-refractivity contribution in [2.45, 2.75) is 0 Å². The van der Waals surface area contributed by atoms with Gasteiger partial charge < -0.3 is 29.7 Å². The van der Waals surface area contributed by atoms with E-state index in [-0.39, 0.29) is 24.6 Å². The van der Waals surface area contributed by atoms with Crippen molar-refractivity contribution in [3.05, 3.63) is 66.2 Å². The maximum atomic E-state index is 13.5.